The lowest BCUT2D eigenvalue weighted by molar-refractivity contribution is -0.131. The van der Waals surface area contributed by atoms with Gasteiger partial charge in [-0.05, 0) is 48.6 Å². The smallest absolute Gasteiger partial charge is 0.240 e. The molecule has 4 rings (SSSR count). The minimum atomic E-state index is -0.381. The summed E-state index contributed by atoms with van der Waals surface area (Å²) in [4.78, 5) is 19.7. The minimum Gasteiger partial charge on any atom is -0.341 e. The van der Waals surface area contributed by atoms with Crippen molar-refractivity contribution in [3.63, 3.8) is 0 Å². The molecule has 1 aliphatic rings. The van der Waals surface area contributed by atoms with Gasteiger partial charge in [0.15, 0.2) is 0 Å². The fraction of sp³-hybridized carbons (Fsp3) is 0.261. The Morgan fingerprint density at radius 3 is 2.50 bits per heavy atom. The summed E-state index contributed by atoms with van der Waals surface area (Å²) in [6, 6.07) is 16.0. The first-order valence-electron chi connectivity index (χ1n) is 10.1. The van der Waals surface area contributed by atoms with Gasteiger partial charge in [-0.2, -0.15) is 0 Å². The number of nitrogens with zero attached hydrogens (tertiary/aromatic N) is 3. The van der Waals surface area contributed by atoms with Crippen LogP contribution in [0.3, 0.4) is 0 Å². The number of benzene rings is 2. The van der Waals surface area contributed by atoms with Crippen LogP contribution in [0.4, 0.5) is 4.39 Å². The molecule has 1 aliphatic heterocycles. The number of halogens is 1. The average molecular weight is 423 g/mol. The highest BCUT2D eigenvalue weighted by Crippen LogP contribution is 2.35. The summed E-state index contributed by atoms with van der Waals surface area (Å²) >= 11 is 1.36. The van der Waals surface area contributed by atoms with Crippen molar-refractivity contribution in [2.45, 2.75) is 29.7 Å². The number of carbonyl (C=O) groups is 1. The van der Waals surface area contributed by atoms with E-state index in [1.807, 2.05) is 41.3 Å². The zero-order chi connectivity index (χ0) is 20.8. The molecule has 1 amide bonds. The van der Waals surface area contributed by atoms with Crippen molar-refractivity contribution in [2.75, 3.05) is 13.1 Å². The number of amides is 1. The summed E-state index contributed by atoms with van der Waals surface area (Å²) in [6.07, 6.45) is 6.90. The third-order valence-electron chi connectivity index (χ3n) is 5.00. The van der Waals surface area contributed by atoms with E-state index < -0.39 is 0 Å². The molecule has 0 bridgehead atoms. The van der Waals surface area contributed by atoms with Crippen molar-refractivity contribution in [1.82, 2.24) is 20.1 Å². The Kier molecular flexibility index (Phi) is 6.59. The second-order valence-electron chi connectivity index (χ2n) is 7.18. The third-order valence-corrected chi connectivity index (χ3v) is 6.11. The molecule has 0 unspecified atom stereocenters. The van der Waals surface area contributed by atoms with Crippen molar-refractivity contribution in [3.8, 4) is 0 Å². The van der Waals surface area contributed by atoms with Crippen LogP contribution in [0, 0.1) is 5.82 Å². The normalized spacial score (nSPS) is 15.4. The molecule has 2 heterocycles. The highest BCUT2D eigenvalue weighted by atomic mass is 32.2. The molecule has 1 fully saturated rings. The fourth-order valence-corrected chi connectivity index (χ4v) is 4.41. The number of H-pyrrole nitrogens is 1. The second kappa shape index (κ2) is 9.71. The summed E-state index contributed by atoms with van der Waals surface area (Å²) < 4.78 is 13.0. The number of piperidine rings is 1. The first-order chi connectivity index (χ1) is 14.7. The monoisotopic (exact) mass is 422 g/mol. The van der Waals surface area contributed by atoms with Crippen molar-refractivity contribution in [3.05, 3.63) is 77.4 Å². The number of rotatable bonds is 6. The molecule has 0 spiro atoms. The van der Waals surface area contributed by atoms with Crippen LogP contribution in [-0.2, 0) is 4.79 Å². The summed E-state index contributed by atoms with van der Waals surface area (Å²) in [5, 5.41) is 7.32. The lowest BCUT2D eigenvalue weighted by atomic mass is 10.1. The van der Waals surface area contributed by atoms with E-state index in [0.29, 0.717) is 11.0 Å². The van der Waals surface area contributed by atoms with E-state index in [9.17, 15) is 9.18 Å². The van der Waals surface area contributed by atoms with Crippen LogP contribution in [0.1, 0.15) is 41.5 Å². The van der Waals surface area contributed by atoms with E-state index in [2.05, 4.69) is 15.2 Å². The summed E-state index contributed by atoms with van der Waals surface area (Å²) in [6.45, 7) is 1.62. The molecule has 1 aromatic heterocycles. The predicted octanol–water partition coefficient (Wildman–Crippen LogP) is 4.96. The molecule has 154 valence electrons. The summed E-state index contributed by atoms with van der Waals surface area (Å²) in [5.74, 6) is 0.425. The van der Waals surface area contributed by atoms with Gasteiger partial charge in [-0.1, -0.05) is 60.3 Å². The molecule has 1 saturated heterocycles. The van der Waals surface area contributed by atoms with Crippen LogP contribution in [-0.4, -0.2) is 39.1 Å². The van der Waals surface area contributed by atoms with E-state index in [0.717, 1.165) is 37.1 Å². The number of aromatic nitrogens is 3. The largest absolute Gasteiger partial charge is 0.341 e. The van der Waals surface area contributed by atoms with Crippen molar-refractivity contribution < 1.29 is 9.18 Å². The molecule has 2 aromatic carbocycles. The molecule has 0 saturated carbocycles. The molecular formula is C23H23FN4OS. The van der Waals surface area contributed by atoms with Gasteiger partial charge in [0.1, 0.15) is 16.9 Å². The maximum atomic E-state index is 13.2. The Balaban J connectivity index is 1.50. The molecule has 0 radical (unpaired) electrons. The van der Waals surface area contributed by atoms with Gasteiger partial charge in [0, 0.05) is 13.1 Å². The van der Waals surface area contributed by atoms with E-state index in [1.54, 1.807) is 18.2 Å². The molecule has 1 N–H and O–H groups in total. The van der Waals surface area contributed by atoms with Crippen LogP contribution in [0.2, 0.25) is 0 Å². The Hall–Kier alpha value is -2.93. The number of hydrogen-bond donors (Lipinski definition) is 1. The number of carbonyl (C=O) groups excluding carboxylic acids is 1. The number of aromatic amines is 1. The van der Waals surface area contributed by atoms with E-state index in [-0.39, 0.29) is 17.0 Å². The van der Waals surface area contributed by atoms with Gasteiger partial charge in [-0.25, -0.2) is 9.37 Å². The van der Waals surface area contributed by atoms with Gasteiger partial charge < -0.3 is 4.90 Å². The second-order valence-corrected chi connectivity index (χ2v) is 8.25. The van der Waals surface area contributed by atoms with Crippen molar-refractivity contribution >= 4 is 29.8 Å². The third kappa shape index (κ3) is 5.16. The van der Waals surface area contributed by atoms with Gasteiger partial charge in [0.2, 0.25) is 11.1 Å². The maximum Gasteiger partial charge on any atom is 0.240 e. The number of likely N-dealkylation sites (tertiary alicyclic amines) is 1. The van der Waals surface area contributed by atoms with Crippen molar-refractivity contribution in [2.24, 2.45) is 0 Å². The summed E-state index contributed by atoms with van der Waals surface area (Å²) in [7, 11) is 0. The molecular weight excluding hydrogens is 399 g/mol. The average Bonchev–Trinajstić information content (AvgIpc) is 3.25. The van der Waals surface area contributed by atoms with Gasteiger partial charge in [-0.3, -0.25) is 9.89 Å². The Morgan fingerprint density at radius 2 is 1.77 bits per heavy atom. The zero-order valence-electron chi connectivity index (χ0n) is 16.5. The Morgan fingerprint density at radius 1 is 1.03 bits per heavy atom. The van der Waals surface area contributed by atoms with E-state index in [1.165, 1.54) is 30.3 Å². The first-order valence-corrected chi connectivity index (χ1v) is 10.9. The van der Waals surface area contributed by atoms with Gasteiger partial charge in [0.05, 0.1) is 0 Å². The zero-order valence-corrected chi connectivity index (χ0v) is 17.3. The lowest BCUT2D eigenvalue weighted by Crippen LogP contribution is -2.38. The quantitative estimate of drug-likeness (QED) is 0.571. The van der Waals surface area contributed by atoms with Crippen LogP contribution < -0.4 is 0 Å². The Labute approximate surface area is 179 Å². The van der Waals surface area contributed by atoms with Crippen LogP contribution in [0.5, 0.6) is 0 Å². The summed E-state index contributed by atoms with van der Waals surface area (Å²) in [5.41, 5.74) is 1.82. The standard InChI is InChI=1S/C23H23FN4OS/c24-19-12-9-17(10-13-19)11-14-20-25-23(27-26-20)30-21(18-7-3-1-4-8-18)22(29)28-15-5-2-6-16-28/h1,3-4,7-14,21H,2,5-6,15-16H2,(H,25,26,27)/b14-11+/t21-/m0/s1. The number of thioether (sulfide) groups is 1. The lowest BCUT2D eigenvalue weighted by Gasteiger charge is -2.30. The highest BCUT2D eigenvalue weighted by Gasteiger charge is 2.29. The van der Waals surface area contributed by atoms with Crippen LogP contribution in [0.25, 0.3) is 12.2 Å². The molecule has 1 atom stereocenters. The van der Waals surface area contributed by atoms with Gasteiger partial charge in [-0.15, -0.1) is 5.10 Å². The Bertz CT molecular complexity index is 998. The predicted molar refractivity (Wildman–Crippen MR) is 117 cm³/mol. The number of hydrogen-bond acceptors (Lipinski definition) is 4. The van der Waals surface area contributed by atoms with Crippen LogP contribution in [0.15, 0.2) is 59.8 Å². The van der Waals surface area contributed by atoms with Gasteiger partial charge >= 0.3 is 0 Å². The van der Waals surface area contributed by atoms with E-state index >= 15 is 0 Å². The highest BCUT2D eigenvalue weighted by molar-refractivity contribution is 8.00. The fourth-order valence-electron chi connectivity index (χ4n) is 3.41. The van der Waals surface area contributed by atoms with E-state index in [4.69, 9.17) is 0 Å². The first kappa shape index (κ1) is 20.3. The maximum absolute atomic E-state index is 13.2. The topological polar surface area (TPSA) is 61.9 Å². The molecule has 3 aromatic rings. The van der Waals surface area contributed by atoms with Crippen LogP contribution >= 0.6 is 11.8 Å². The van der Waals surface area contributed by atoms with Gasteiger partial charge in [0.25, 0.3) is 0 Å². The molecule has 30 heavy (non-hydrogen) atoms. The molecule has 5 nitrogen and oxygen atoms in total. The minimum absolute atomic E-state index is 0.110. The van der Waals surface area contributed by atoms with Crippen molar-refractivity contribution in [1.29, 1.82) is 0 Å². The molecule has 7 heteroatoms. The SMILES string of the molecule is O=C([C@@H](Sc1n[nH]c(/C=C/c2ccc(F)cc2)n1)c1ccccc1)N1CCCCC1. The molecule has 0 aliphatic carbocycles. The number of nitrogens with one attached hydrogen (secondary N) is 1.